The third-order valence-electron chi connectivity index (χ3n) is 4.88. The van der Waals surface area contributed by atoms with Crippen LogP contribution >= 0.6 is 0 Å². The summed E-state index contributed by atoms with van der Waals surface area (Å²) in [4.78, 5) is 0. The van der Waals surface area contributed by atoms with Crippen LogP contribution in [-0.2, 0) is 6.42 Å². The molecule has 1 aliphatic heterocycles. The van der Waals surface area contributed by atoms with Crippen molar-refractivity contribution < 1.29 is 4.74 Å². The summed E-state index contributed by atoms with van der Waals surface area (Å²) in [6, 6.07) is 6.78. The van der Waals surface area contributed by atoms with Crippen LogP contribution in [0.1, 0.15) is 42.7 Å². The van der Waals surface area contributed by atoms with Gasteiger partial charge in [-0.15, -0.1) is 0 Å². The van der Waals surface area contributed by atoms with Crippen LogP contribution in [0.15, 0.2) is 18.2 Å². The minimum absolute atomic E-state index is 0.812. The van der Waals surface area contributed by atoms with E-state index in [4.69, 9.17) is 4.74 Å². The third-order valence-corrected chi connectivity index (χ3v) is 4.88. The fourth-order valence-corrected chi connectivity index (χ4v) is 4.16. The van der Waals surface area contributed by atoms with Crippen LogP contribution in [0.2, 0.25) is 0 Å². The quantitative estimate of drug-likeness (QED) is 0.695. The molecule has 4 rings (SSSR count). The van der Waals surface area contributed by atoms with Gasteiger partial charge in [-0.25, -0.2) is 0 Å². The van der Waals surface area contributed by atoms with Gasteiger partial charge in [0.1, 0.15) is 5.75 Å². The van der Waals surface area contributed by atoms with E-state index in [1.165, 1.54) is 42.6 Å². The normalized spacial score (nSPS) is 35.1. The van der Waals surface area contributed by atoms with Crippen LogP contribution in [0.25, 0.3) is 0 Å². The summed E-state index contributed by atoms with van der Waals surface area (Å²) in [5.74, 6) is 4.04. The Bertz CT molecular complexity index is 423. The van der Waals surface area contributed by atoms with E-state index < -0.39 is 0 Å². The minimum atomic E-state index is 0.812. The second kappa shape index (κ2) is 3.26. The lowest BCUT2D eigenvalue weighted by Crippen LogP contribution is -2.09. The van der Waals surface area contributed by atoms with Crippen LogP contribution in [0.5, 0.6) is 5.75 Å². The van der Waals surface area contributed by atoms with E-state index >= 15 is 0 Å². The van der Waals surface area contributed by atoms with Crippen LogP contribution in [-0.4, -0.2) is 6.61 Å². The Labute approximate surface area is 96.8 Å². The number of fused-ring (bicyclic) bond motifs is 3. The van der Waals surface area contributed by atoms with Crippen molar-refractivity contribution in [1.82, 2.24) is 0 Å². The molecule has 1 heterocycles. The van der Waals surface area contributed by atoms with Crippen molar-refractivity contribution in [3.05, 3.63) is 29.3 Å². The van der Waals surface area contributed by atoms with E-state index in [1.807, 2.05) is 0 Å². The molecule has 0 unspecified atom stereocenters. The Balaban J connectivity index is 1.75. The molecule has 1 nitrogen and oxygen atoms in total. The zero-order chi connectivity index (χ0) is 10.5. The van der Waals surface area contributed by atoms with Gasteiger partial charge < -0.3 is 4.74 Å². The maximum Gasteiger partial charge on any atom is 0.126 e. The number of hydrogen-bond acceptors (Lipinski definition) is 1. The molecule has 0 radical (unpaired) electrons. The second-order valence-electron chi connectivity index (χ2n) is 5.72. The number of hydrogen-bond donors (Lipinski definition) is 0. The van der Waals surface area contributed by atoms with E-state index in [2.05, 4.69) is 18.2 Å². The number of rotatable bonds is 1. The zero-order valence-corrected chi connectivity index (χ0v) is 9.61. The lowest BCUT2D eigenvalue weighted by molar-refractivity contribution is 0.341. The maximum atomic E-state index is 5.85. The first kappa shape index (κ1) is 9.09. The molecule has 2 bridgehead atoms. The molecule has 0 amide bonds. The molecular formula is C15H18O. The average Bonchev–Trinajstić information content (AvgIpc) is 3.03. The lowest BCUT2D eigenvalue weighted by Gasteiger charge is -2.23. The summed E-state index contributed by atoms with van der Waals surface area (Å²) in [6.07, 6.45) is 6.96. The molecule has 1 aromatic carbocycles. The fourth-order valence-electron chi connectivity index (χ4n) is 4.16. The lowest BCUT2D eigenvalue weighted by atomic mass is 9.82. The van der Waals surface area contributed by atoms with Crippen molar-refractivity contribution in [3.8, 4) is 5.75 Å². The van der Waals surface area contributed by atoms with Gasteiger partial charge in [0.25, 0.3) is 0 Å². The summed E-state index contributed by atoms with van der Waals surface area (Å²) in [7, 11) is 0. The Hall–Kier alpha value is -0.980. The largest absolute Gasteiger partial charge is 0.493 e. The highest BCUT2D eigenvalue weighted by molar-refractivity contribution is 5.46. The van der Waals surface area contributed by atoms with Crippen LogP contribution < -0.4 is 4.74 Å². The summed E-state index contributed by atoms with van der Waals surface area (Å²) in [6.45, 7) is 0.896. The molecule has 0 N–H and O–H groups in total. The topological polar surface area (TPSA) is 9.23 Å². The van der Waals surface area contributed by atoms with Crippen molar-refractivity contribution in [1.29, 1.82) is 0 Å². The molecule has 2 fully saturated rings. The van der Waals surface area contributed by atoms with Gasteiger partial charge in [-0.1, -0.05) is 24.6 Å². The van der Waals surface area contributed by atoms with Gasteiger partial charge in [-0.05, 0) is 48.1 Å². The van der Waals surface area contributed by atoms with E-state index in [-0.39, 0.29) is 0 Å². The van der Waals surface area contributed by atoms with E-state index in [0.717, 1.165) is 30.8 Å². The van der Waals surface area contributed by atoms with Gasteiger partial charge in [0, 0.05) is 6.42 Å². The van der Waals surface area contributed by atoms with E-state index in [1.54, 1.807) is 0 Å². The highest BCUT2D eigenvalue weighted by atomic mass is 16.5. The van der Waals surface area contributed by atoms with Gasteiger partial charge in [-0.3, -0.25) is 0 Å². The molecule has 0 spiro atoms. The minimum Gasteiger partial charge on any atom is -0.493 e. The second-order valence-corrected chi connectivity index (χ2v) is 5.72. The van der Waals surface area contributed by atoms with Crippen molar-refractivity contribution in [3.63, 3.8) is 0 Å². The van der Waals surface area contributed by atoms with Crippen molar-refractivity contribution in [2.24, 2.45) is 11.8 Å². The highest BCUT2D eigenvalue weighted by Gasteiger charge is 2.41. The van der Waals surface area contributed by atoms with Crippen molar-refractivity contribution in [2.45, 2.75) is 38.0 Å². The smallest absolute Gasteiger partial charge is 0.126 e. The monoisotopic (exact) mass is 214 g/mol. The first-order valence-electron chi connectivity index (χ1n) is 6.66. The molecule has 0 aromatic heterocycles. The first-order valence-corrected chi connectivity index (χ1v) is 6.66. The molecule has 2 aliphatic carbocycles. The van der Waals surface area contributed by atoms with Crippen LogP contribution in [0.4, 0.5) is 0 Å². The van der Waals surface area contributed by atoms with Crippen LogP contribution in [0.3, 0.4) is 0 Å². The standard InChI is InChI=1S/C15H18O/c1-2-11-6-7-16-15(11)13(3-1)14-9-10-4-5-12(14)8-10/h1-3,10,12,14H,4-9H2/t10-,12+,14+/m1/s1. The van der Waals surface area contributed by atoms with Gasteiger partial charge in [-0.2, -0.15) is 0 Å². The molecule has 16 heavy (non-hydrogen) atoms. The Morgan fingerprint density at radius 2 is 2.12 bits per heavy atom. The number of ether oxygens (including phenoxy) is 1. The molecule has 84 valence electrons. The number of benzene rings is 1. The van der Waals surface area contributed by atoms with Crippen molar-refractivity contribution in [2.75, 3.05) is 6.61 Å². The third kappa shape index (κ3) is 1.17. The summed E-state index contributed by atoms with van der Waals surface area (Å²) in [5, 5.41) is 0. The molecule has 3 atom stereocenters. The highest BCUT2D eigenvalue weighted by Crippen LogP contribution is 2.55. The molecule has 2 saturated carbocycles. The summed E-state index contributed by atoms with van der Waals surface area (Å²) in [5.41, 5.74) is 2.97. The van der Waals surface area contributed by atoms with Gasteiger partial charge >= 0.3 is 0 Å². The van der Waals surface area contributed by atoms with Gasteiger partial charge in [0.15, 0.2) is 0 Å². The van der Waals surface area contributed by atoms with Gasteiger partial charge in [0.05, 0.1) is 6.61 Å². The molecule has 1 aromatic rings. The fraction of sp³-hybridized carbons (Fsp3) is 0.600. The molecule has 0 saturated heterocycles. The SMILES string of the molecule is c1cc2c(c([C@H]3C[C@@H]4CC[C@H]3C4)c1)OCC2. The predicted molar refractivity (Wildman–Crippen MR) is 63.8 cm³/mol. The van der Waals surface area contributed by atoms with E-state index in [9.17, 15) is 0 Å². The summed E-state index contributed by atoms with van der Waals surface area (Å²) < 4.78 is 5.85. The maximum absolute atomic E-state index is 5.85. The zero-order valence-electron chi connectivity index (χ0n) is 9.61. The summed E-state index contributed by atoms with van der Waals surface area (Å²) >= 11 is 0. The predicted octanol–water partition coefficient (Wildman–Crippen LogP) is 3.53. The Morgan fingerprint density at radius 3 is 2.94 bits per heavy atom. The average molecular weight is 214 g/mol. The van der Waals surface area contributed by atoms with Gasteiger partial charge in [0.2, 0.25) is 0 Å². The number of para-hydroxylation sites is 1. The van der Waals surface area contributed by atoms with Crippen molar-refractivity contribution >= 4 is 0 Å². The van der Waals surface area contributed by atoms with Crippen LogP contribution in [0, 0.1) is 11.8 Å². The molecular weight excluding hydrogens is 196 g/mol. The first-order chi connectivity index (χ1) is 7.92. The Kier molecular flexibility index (Phi) is 1.85. The van der Waals surface area contributed by atoms with E-state index in [0.29, 0.717) is 0 Å². The molecule has 1 heteroatoms. The molecule has 3 aliphatic rings. The Morgan fingerprint density at radius 1 is 1.12 bits per heavy atom.